The van der Waals surface area contributed by atoms with E-state index in [-0.39, 0.29) is 16.5 Å². The van der Waals surface area contributed by atoms with Gasteiger partial charge in [0.25, 0.3) is 11.6 Å². The Balaban J connectivity index is 1.48. The number of rotatable bonds is 5. The first-order chi connectivity index (χ1) is 18.2. The maximum Gasteiger partial charge on any atom is 0.294 e. The van der Waals surface area contributed by atoms with Gasteiger partial charge in [-0.2, -0.15) is 0 Å². The lowest BCUT2D eigenvalue weighted by atomic mass is 10.1. The number of aromatic nitrogens is 1. The van der Waals surface area contributed by atoms with Gasteiger partial charge in [0.15, 0.2) is 5.11 Å². The number of nitrogens with one attached hydrogen (secondary N) is 1. The predicted molar refractivity (Wildman–Crippen MR) is 155 cm³/mol. The molecule has 5 rings (SSSR count). The molecule has 38 heavy (non-hydrogen) atoms. The maximum atomic E-state index is 13.3. The Morgan fingerprint density at radius 2 is 1.66 bits per heavy atom. The summed E-state index contributed by atoms with van der Waals surface area (Å²) in [5, 5.41) is 15.4. The second-order valence-electron chi connectivity index (χ2n) is 10.0. The van der Waals surface area contributed by atoms with E-state index in [2.05, 4.69) is 10.2 Å². The third-order valence-corrected chi connectivity index (χ3v) is 7.79. The van der Waals surface area contributed by atoms with Gasteiger partial charge in [0.05, 0.1) is 16.3 Å². The van der Waals surface area contributed by atoms with E-state index in [0.717, 1.165) is 71.8 Å². The first-order valence-corrected chi connectivity index (χ1v) is 13.2. The SMILES string of the molecule is Cc1ccc(N2C(=O)/C(=C/c3cc(C)n(-c4ccc(N5CCCCC5)c([N+](=O)[O-])c4)c3C)NC2=S)cc1C. The second-order valence-corrected chi connectivity index (χ2v) is 10.4. The second kappa shape index (κ2) is 10.1. The molecule has 8 nitrogen and oxygen atoms in total. The minimum Gasteiger partial charge on any atom is -0.366 e. The summed E-state index contributed by atoms with van der Waals surface area (Å²) in [6.45, 7) is 9.60. The summed E-state index contributed by atoms with van der Waals surface area (Å²) in [5.41, 5.74) is 7.47. The van der Waals surface area contributed by atoms with E-state index in [0.29, 0.717) is 16.5 Å². The first-order valence-electron chi connectivity index (χ1n) is 12.8. The minimum absolute atomic E-state index is 0.110. The Labute approximate surface area is 227 Å². The van der Waals surface area contributed by atoms with Crippen molar-refractivity contribution in [3.8, 4) is 5.69 Å². The summed E-state index contributed by atoms with van der Waals surface area (Å²) in [7, 11) is 0. The zero-order chi connectivity index (χ0) is 27.1. The molecule has 2 aliphatic rings. The molecule has 9 heteroatoms. The van der Waals surface area contributed by atoms with Crippen molar-refractivity contribution in [1.82, 2.24) is 9.88 Å². The molecule has 3 aromatic rings. The van der Waals surface area contributed by atoms with E-state index in [9.17, 15) is 14.9 Å². The lowest BCUT2D eigenvalue weighted by Crippen LogP contribution is -2.30. The number of aryl methyl sites for hydroxylation is 3. The summed E-state index contributed by atoms with van der Waals surface area (Å²) >= 11 is 5.49. The van der Waals surface area contributed by atoms with Gasteiger partial charge in [0.2, 0.25) is 0 Å². The Hall–Kier alpha value is -3.98. The lowest BCUT2D eigenvalue weighted by molar-refractivity contribution is -0.384. The van der Waals surface area contributed by atoms with Crippen molar-refractivity contribution in [2.24, 2.45) is 0 Å². The average Bonchev–Trinajstić information content (AvgIpc) is 3.34. The summed E-state index contributed by atoms with van der Waals surface area (Å²) in [5.74, 6) is -0.218. The van der Waals surface area contributed by atoms with Crippen LogP contribution in [-0.4, -0.2) is 33.6 Å². The van der Waals surface area contributed by atoms with Crippen LogP contribution in [0.4, 0.5) is 17.1 Å². The monoisotopic (exact) mass is 529 g/mol. The van der Waals surface area contributed by atoms with Gasteiger partial charge >= 0.3 is 0 Å². The molecule has 0 saturated carbocycles. The van der Waals surface area contributed by atoms with Gasteiger partial charge in [0, 0.05) is 30.5 Å². The van der Waals surface area contributed by atoms with Gasteiger partial charge in [-0.15, -0.1) is 0 Å². The van der Waals surface area contributed by atoms with Crippen LogP contribution in [-0.2, 0) is 4.79 Å². The number of thiocarbonyl (C=S) groups is 1. The van der Waals surface area contributed by atoms with Gasteiger partial charge in [-0.1, -0.05) is 6.07 Å². The topological polar surface area (TPSA) is 83.7 Å². The van der Waals surface area contributed by atoms with Crippen molar-refractivity contribution >= 4 is 46.4 Å². The number of anilines is 2. The molecule has 0 aliphatic carbocycles. The van der Waals surface area contributed by atoms with Crippen molar-refractivity contribution in [2.45, 2.75) is 47.0 Å². The zero-order valence-electron chi connectivity index (χ0n) is 22.1. The molecule has 2 fully saturated rings. The van der Waals surface area contributed by atoms with E-state index in [1.54, 1.807) is 12.1 Å². The van der Waals surface area contributed by atoms with Gasteiger partial charge < -0.3 is 14.8 Å². The standard InChI is InChI=1S/C29H31N5O3S/c1-18-8-9-23(14-19(18)2)33-28(35)25(30-29(33)38)16-22-15-20(3)32(21(22)4)24-10-11-26(27(17-24)34(36)37)31-12-6-5-7-13-31/h8-11,14-17H,5-7,12-13H2,1-4H3,(H,30,38)/b25-16-. The van der Waals surface area contributed by atoms with E-state index in [1.807, 2.05) is 68.7 Å². The smallest absolute Gasteiger partial charge is 0.294 e. The highest BCUT2D eigenvalue weighted by Crippen LogP contribution is 2.34. The van der Waals surface area contributed by atoms with E-state index >= 15 is 0 Å². The molecular weight excluding hydrogens is 498 g/mol. The van der Waals surface area contributed by atoms with Crippen LogP contribution < -0.4 is 15.1 Å². The molecule has 2 saturated heterocycles. The number of nitrogens with zero attached hydrogens (tertiary/aromatic N) is 4. The number of nitro groups is 1. The molecule has 0 atom stereocenters. The number of amides is 1. The number of hydrogen-bond donors (Lipinski definition) is 1. The molecule has 0 spiro atoms. The molecule has 0 radical (unpaired) electrons. The highest BCUT2D eigenvalue weighted by molar-refractivity contribution is 7.80. The van der Waals surface area contributed by atoms with Crippen LogP contribution >= 0.6 is 12.2 Å². The number of benzene rings is 2. The maximum absolute atomic E-state index is 13.3. The van der Waals surface area contributed by atoms with E-state index in [4.69, 9.17) is 12.2 Å². The van der Waals surface area contributed by atoms with Crippen molar-refractivity contribution in [1.29, 1.82) is 0 Å². The fourth-order valence-electron chi connectivity index (χ4n) is 5.32. The highest BCUT2D eigenvalue weighted by Gasteiger charge is 2.32. The van der Waals surface area contributed by atoms with Crippen LogP contribution in [0.5, 0.6) is 0 Å². The Bertz CT molecular complexity index is 1500. The molecule has 0 bridgehead atoms. The zero-order valence-corrected chi connectivity index (χ0v) is 22.9. The molecule has 2 aliphatic heterocycles. The fourth-order valence-corrected chi connectivity index (χ4v) is 5.62. The first kappa shape index (κ1) is 25.7. The van der Waals surface area contributed by atoms with Crippen molar-refractivity contribution in [2.75, 3.05) is 22.9 Å². The van der Waals surface area contributed by atoms with Gasteiger partial charge in [-0.3, -0.25) is 19.8 Å². The Morgan fingerprint density at radius 1 is 0.947 bits per heavy atom. The summed E-state index contributed by atoms with van der Waals surface area (Å²) in [6.07, 6.45) is 5.05. The van der Waals surface area contributed by atoms with Crippen LogP contribution in [0.2, 0.25) is 0 Å². The highest BCUT2D eigenvalue weighted by atomic mass is 32.1. The molecule has 1 aromatic heterocycles. The van der Waals surface area contributed by atoms with Gasteiger partial charge in [-0.25, -0.2) is 0 Å². The minimum atomic E-state index is -0.298. The number of nitro benzene ring substituents is 1. The van der Waals surface area contributed by atoms with Crippen molar-refractivity contribution in [3.63, 3.8) is 0 Å². The predicted octanol–water partition coefficient (Wildman–Crippen LogP) is 5.87. The van der Waals surface area contributed by atoms with Crippen LogP contribution in [0.1, 0.15) is 47.3 Å². The van der Waals surface area contributed by atoms with E-state index in [1.165, 1.54) is 4.90 Å². The third kappa shape index (κ3) is 4.58. The van der Waals surface area contributed by atoms with Crippen LogP contribution in [0.25, 0.3) is 11.8 Å². The van der Waals surface area contributed by atoms with Crippen molar-refractivity contribution < 1.29 is 9.72 Å². The Morgan fingerprint density at radius 3 is 2.34 bits per heavy atom. The summed E-state index contributed by atoms with van der Waals surface area (Å²) < 4.78 is 1.98. The summed E-state index contributed by atoms with van der Waals surface area (Å²) in [4.78, 5) is 28.6. The van der Waals surface area contributed by atoms with E-state index < -0.39 is 0 Å². The third-order valence-electron chi connectivity index (χ3n) is 7.51. The van der Waals surface area contributed by atoms with Gasteiger partial charge in [-0.05, 0) is 112 Å². The van der Waals surface area contributed by atoms with Gasteiger partial charge in [0.1, 0.15) is 11.4 Å². The van der Waals surface area contributed by atoms with Crippen LogP contribution in [0.3, 0.4) is 0 Å². The largest absolute Gasteiger partial charge is 0.366 e. The van der Waals surface area contributed by atoms with Crippen molar-refractivity contribution in [3.05, 3.63) is 86.4 Å². The molecular formula is C29H31N5O3S. The number of hydrogen-bond acceptors (Lipinski definition) is 5. The van der Waals surface area contributed by atoms with Crippen LogP contribution in [0, 0.1) is 37.8 Å². The quantitative estimate of drug-likeness (QED) is 0.193. The average molecular weight is 530 g/mol. The molecule has 1 N–H and O–H groups in total. The normalized spacial score (nSPS) is 16.9. The number of piperidine rings is 1. The molecule has 3 heterocycles. The number of carbonyl (C=O) groups excluding carboxylic acids is 1. The number of carbonyl (C=O) groups is 1. The molecule has 0 unspecified atom stereocenters. The van der Waals surface area contributed by atoms with Crippen LogP contribution in [0.15, 0.2) is 48.2 Å². The summed E-state index contributed by atoms with van der Waals surface area (Å²) in [6, 6.07) is 13.2. The Kier molecular flexibility index (Phi) is 6.79. The lowest BCUT2D eigenvalue weighted by Gasteiger charge is -2.28. The molecule has 196 valence electrons. The molecule has 2 aromatic carbocycles. The fraction of sp³-hybridized carbons (Fsp3) is 0.310. The molecule has 1 amide bonds.